The molecule has 0 saturated heterocycles. The Morgan fingerprint density at radius 2 is 1.95 bits per heavy atom. The fourth-order valence-electron chi connectivity index (χ4n) is 2.65. The SMILES string of the molecule is C[C@H](SCc1ccccc1)C(=O)NCC1CCCCC1. The van der Waals surface area contributed by atoms with Crippen LogP contribution in [0.1, 0.15) is 44.6 Å². The van der Waals surface area contributed by atoms with E-state index in [1.54, 1.807) is 11.8 Å². The Bertz CT molecular complexity index is 401. The first-order valence-electron chi connectivity index (χ1n) is 7.69. The van der Waals surface area contributed by atoms with E-state index in [0.29, 0.717) is 5.92 Å². The zero-order valence-corrected chi connectivity index (χ0v) is 13.1. The van der Waals surface area contributed by atoms with Crippen LogP contribution in [0.25, 0.3) is 0 Å². The minimum atomic E-state index is 0.0267. The molecule has 20 heavy (non-hydrogen) atoms. The maximum absolute atomic E-state index is 12.1. The topological polar surface area (TPSA) is 29.1 Å². The summed E-state index contributed by atoms with van der Waals surface area (Å²) >= 11 is 1.71. The molecule has 3 heteroatoms. The number of carbonyl (C=O) groups excluding carboxylic acids is 1. The maximum Gasteiger partial charge on any atom is 0.232 e. The Hall–Kier alpha value is -0.960. The quantitative estimate of drug-likeness (QED) is 0.858. The standard InChI is InChI=1S/C17H25NOS/c1-14(20-13-16-10-6-3-7-11-16)17(19)18-12-15-8-4-2-5-9-15/h3,6-7,10-11,14-15H,2,4-5,8-9,12-13H2,1H3,(H,18,19)/t14-/m0/s1. The van der Waals surface area contributed by atoms with Crippen molar-refractivity contribution in [3.8, 4) is 0 Å². The lowest BCUT2D eigenvalue weighted by atomic mass is 9.89. The van der Waals surface area contributed by atoms with E-state index in [1.807, 2.05) is 25.1 Å². The van der Waals surface area contributed by atoms with Gasteiger partial charge in [0.25, 0.3) is 0 Å². The predicted molar refractivity (Wildman–Crippen MR) is 86.8 cm³/mol. The molecular weight excluding hydrogens is 266 g/mol. The van der Waals surface area contributed by atoms with Gasteiger partial charge in [0.05, 0.1) is 5.25 Å². The van der Waals surface area contributed by atoms with Gasteiger partial charge in [0.15, 0.2) is 0 Å². The Kier molecular flexibility index (Phi) is 6.44. The molecule has 0 aromatic heterocycles. The molecule has 1 fully saturated rings. The number of hydrogen-bond acceptors (Lipinski definition) is 2. The van der Waals surface area contributed by atoms with Crippen molar-refractivity contribution in [3.63, 3.8) is 0 Å². The van der Waals surface area contributed by atoms with Crippen LogP contribution < -0.4 is 5.32 Å². The van der Waals surface area contributed by atoms with Crippen molar-refractivity contribution in [1.82, 2.24) is 5.32 Å². The summed E-state index contributed by atoms with van der Waals surface area (Å²) in [6.07, 6.45) is 6.60. The van der Waals surface area contributed by atoms with Crippen LogP contribution in [0.4, 0.5) is 0 Å². The molecule has 2 rings (SSSR count). The van der Waals surface area contributed by atoms with Gasteiger partial charge in [0, 0.05) is 12.3 Å². The van der Waals surface area contributed by atoms with Crippen LogP contribution in [0.2, 0.25) is 0 Å². The molecule has 1 saturated carbocycles. The number of thioether (sulfide) groups is 1. The molecule has 1 atom stereocenters. The third kappa shape index (κ3) is 5.20. The highest BCUT2D eigenvalue weighted by atomic mass is 32.2. The van der Waals surface area contributed by atoms with Crippen molar-refractivity contribution in [2.45, 2.75) is 50.0 Å². The van der Waals surface area contributed by atoms with Crippen molar-refractivity contribution in [2.24, 2.45) is 5.92 Å². The molecule has 0 spiro atoms. The Balaban J connectivity index is 1.66. The normalized spacial score (nSPS) is 17.6. The van der Waals surface area contributed by atoms with Gasteiger partial charge in [-0.2, -0.15) is 0 Å². The largest absolute Gasteiger partial charge is 0.355 e. The van der Waals surface area contributed by atoms with Crippen molar-refractivity contribution >= 4 is 17.7 Å². The summed E-state index contributed by atoms with van der Waals surface area (Å²) in [4.78, 5) is 12.1. The first-order valence-corrected chi connectivity index (χ1v) is 8.74. The molecule has 0 heterocycles. The molecule has 1 N–H and O–H groups in total. The second kappa shape index (κ2) is 8.35. The van der Waals surface area contributed by atoms with Crippen LogP contribution in [-0.2, 0) is 10.5 Å². The highest BCUT2D eigenvalue weighted by molar-refractivity contribution is 7.99. The van der Waals surface area contributed by atoms with Gasteiger partial charge in [-0.25, -0.2) is 0 Å². The Morgan fingerprint density at radius 3 is 2.65 bits per heavy atom. The second-order valence-corrected chi connectivity index (χ2v) is 7.02. The highest BCUT2D eigenvalue weighted by Gasteiger charge is 2.17. The summed E-state index contributed by atoms with van der Waals surface area (Å²) < 4.78 is 0. The van der Waals surface area contributed by atoms with Gasteiger partial charge in [-0.05, 0) is 31.2 Å². The average molecular weight is 291 g/mol. The molecular formula is C17H25NOS. The van der Waals surface area contributed by atoms with Crippen LogP contribution in [0.5, 0.6) is 0 Å². The van der Waals surface area contributed by atoms with E-state index in [9.17, 15) is 4.79 Å². The number of nitrogens with one attached hydrogen (secondary N) is 1. The van der Waals surface area contributed by atoms with Gasteiger partial charge >= 0.3 is 0 Å². The zero-order valence-electron chi connectivity index (χ0n) is 12.3. The third-order valence-corrected chi connectivity index (χ3v) is 5.22. The van der Waals surface area contributed by atoms with Gasteiger partial charge in [-0.1, -0.05) is 49.6 Å². The van der Waals surface area contributed by atoms with Crippen molar-refractivity contribution in [2.75, 3.05) is 6.54 Å². The third-order valence-electron chi connectivity index (χ3n) is 4.00. The van der Waals surface area contributed by atoms with Gasteiger partial charge in [-0.3, -0.25) is 4.79 Å². The van der Waals surface area contributed by atoms with Gasteiger partial charge in [0.2, 0.25) is 5.91 Å². The molecule has 0 aliphatic heterocycles. The Morgan fingerprint density at radius 1 is 1.25 bits per heavy atom. The lowest BCUT2D eigenvalue weighted by molar-refractivity contribution is -0.120. The van der Waals surface area contributed by atoms with E-state index in [2.05, 4.69) is 17.4 Å². The van der Waals surface area contributed by atoms with E-state index >= 15 is 0 Å². The molecule has 1 aromatic carbocycles. The van der Waals surface area contributed by atoms with E-state index < -0.39 is 0 Å². The summed E-state index contributed by atoms with van der Waals surface area (Å²) in [7, 11) is 0. The smallest absolute Gasteiger partial charge is 0.232 e. The van der Waals surface area contributed by atoms with Crippen LogP contribution >= 0.6 is 11.8 Å². The summed E-state index contributed by atoms with van der Waals surface area (Å²) in [6, 6.07) is 10.3. The lowest BCUT2D eigenvalue weighted by Gasteiger charge is -2.22. The highest BCUT2D eigenvalue weighted by Crippen LogP contribution is 2.23. The predicted octanol–water partition coefficient (Wildman–Crippen LogP) is 4.00. The molecule has 110 valence electrons. The number of carbonyl (C=O) groups is 1. The number of rotatable bonds is 6. The molecule has 0 bridgehead atoms. The lowest BCUT2D eigenvalue weighted by Crippen LogP contribution is -2.35. The molecule has 0 radical (unpaired) electrons. The maximum atomic E-state index is 12.1. The minimum Gasteiger partial charge on any atom is -0.355 e. The molecule has 0 unspecified atom stereocenters. The summed E-state index contributed by atoms with van der Waals surface area (Å²) in [6.45, 7) is 2.87. The number of hydrogen-bond donors (Lipinski definition) is 1. The van der Waals surface area contributed by atoms with Crippen LogP contribution in [0.3, 0.4) is 0 Å². The molecule has 2 nitrogen and oxygen atoms in total. The van der Waals surface area contributed by atoms with Gasteiger partial charge in [-0.15, -0.1) is 11.8 Å². The van der Waals surface area contributed by atoms with Crippen LogP contribution in [0.15, 0.2) is 30.3 Å². The molecule has 1 aromatic rings. The fraction of sp³-hybridized carbons (Fsp3) is 0.588. The van der Waals surface area contributed by atoms with E-state index in [-0.39, 0.29) is 11.2 Å². The first kappa shape index (κ1) is 15.4. The van der Waals surface area contributed by atoms with Crippen LogP contribution in [-0.4, -0.2) is 17.7 Å². The van der Waals surface area contributed by atoms with E-state index in [1.165, 1.54) is 37.7 Å². The summed E-state index contributed by atoms with van der Waals surface area (Å²) in [5, 5.41) is 3.16. The molecule has 1 aliphatic rings. The van der Waals surface area contributed by atoms with Crippen molar-refractivity contribution in [1.29, 1.82) is 0 Å². The van der Waals surface area contributed by atoms with E-state index in [4.69, 9.17) is 0 Å². The van der Waals surface area contributed by atoms with Gasteiger partial charge in [0.1, 0.15) is 0 Å². The Labute approximate surface area is 126 Å². The van der Waals surface area contributed by atoms with Crippen molar-refractivity contribution in [3.05, 3.63) is 35.9 Å². The van der Waals surface area contributed by atoms with Gasteiger partial charge < -0.3 is 5.32 Å². The van der Waals surface area contributed by atoms with E-state index in [0.717, 1.165) is 12.3 Å². The summed E-state index contributed by atoms with van der Waals surface area (Å²) in [5.74, 6) is 1.80. The zero-order chi connectivity index (χ0) is 14.2. The first-order chi connectivity index (χ1) is 9.75. The second-order valence-electron chi connectivity index (χ2n) is 5.69. The van der Waals surface area contributed by atoms with Crippen LogP contribution in [0, 0.1) is 5.92 Å². The van der Waals surface area contributed by atoms with Crippen molar-refractivity contribution < 1.29 is 4.79 Å². The minimum absolute atomic E-state index is 0.0267. The fourth-order valence-corrected chi connectivity index (χ4v) is 3.52. The average Bonchev–Trinajstić information content (AvgIpc) is 2.52. The molecule has 1 amide bonds. The number of amides is 1. The molecule has 1 aliphatic carbocycles. The monoisotopic (exact) mass is 291 g/mol. The number of benzene rings is 1. The summed E-state index contributed by atoms with van der Waals surface area (Å²) in [5.41, 5.74) is 1.28.